The first-order valence-electron chi connectivity index (χ1n) is 9.98. The lowest BCUT2D eigenvalue weighted by Gasteiger charge is -2.45. The lowest BCUT2D eigenvalue weighted by molar-refractivity contribution is -0.116. The van der Waals surface area contributed by atoms with Gasteiger partial charge in [-0.05, 0) is 43.5 Å². The summed E-state index contributed by atoms with van der Waals surface area (Å²) >= 11 is 0. The monoisotopic (exact) mass is 363 g/mol. The number of rotatable bonds is 3. The van der Waals surface area contributed by atoms with Crippen LogP contribution >= 0.6 is 0 Å². The van der Waals surface area contributed by atoms with E-state index in [0.29, 0.717) is 12.1 Å². The number of nitrogens with zero attached hydrogens (tertiary/aromatic N) is 3. The second-order valence-electron chi connectivity index (χ2n) is 7.99. The van der Waals surface area contributed by atoms with Crippen molar-refractivity contribution in [2.45, 2.75) is 45.8 Å². The molecule has 2 aliphatic rings. The minimum atomic E-state index is 0.139. The molecule has 2 atom stereocenters. The number of piperazine rings is 1. The Labute approximate surface area is 162 Å². The van der Waals surface area contributed by atoms with Crippen molar-refractivity contribution < 1.29 is 4.79 Å². The molecule has 2 aromatic rings. The molecule has 142 valence electrons. The quantitative estimate of drug-likeness (QED) is 0.832. The van der Waals surface area contributed by atoms with E-state index < -0.39 is 0 Å². The normalized spacial score (nSPS) is 22.8. The molecule has 0 N–H and O–H groups in total. The minimum Gasteiger partial charge on any atom is -0.368 e. The molecule has 2 aliphatic heterocycles. The second-order valence-corrected chi connectivity index (χ2v) is 7.99. The number of hydrogen-bond acceptors (Lipinski definition) is 3. The van der Waals surface area contributed by atoms with Gasteiger partial charge in [-0.2, -0.15) is 0 Å². The molecule has 2 aromatic carbocycles. The van der Waals surface area contributed by atoms with Crippen LogP contribution in [-0.4, -0.2) is 42.5 Å². The fraction of sp³-hybridized carbons (Fsp3) is 0.435. The maximum absolute atomic E-state index is 11.9. The molecule has 0 aromatic heterocycles. The van der Waals surface area contributed by atoms with Crippen LogP contribution < -0.4 is 9.80 Å². The standard InChI is InChI=1S/C23H29N3O/c1-17-14-24(15-18(2)26(17)16-20-7-5-4-6-8-20)22-10-9-21-11-12-25(19(3)27)23(21)13-22/h4-10,13,17-18H,11-12,14-16H2,1-3H3. The summed E-state index contributed by atoms with van der Waals surface area (Å²) in [5.74, 6) is 0.139. The molecular formula is C23H29N3O. The Morgan fingerprint density at radius 2 is 1.74 bits per heavy atom. The topological polar surface area (TPSA) is 26.8 Å². The van der Waals surface area contributed by atoms with Crippen molar-refractivity contribution in [3.8, 4) is 0 Å². The third-order valence-electron chi connectivity index (χ3n) is 6.02. The highest BCUT2D eigenvalue weighted by atomic mass is 16.2. The Bertz CT molecular complexity index is 808. The van der Waals surface area contributed by atoms with Gasteiger partial charge >= 0.3 is 0 Å². The Balaban J connectivity index is 1.51. The van der Waals surface area contributed by atoms with E-state index in [-0.39, 0.29) is 5.91 Å². The molecule has 1 saturated heterocycles. The summed E-state index contributed by atoms with van der Waals surface area (Å²) in [6.07, 6.45) is 0.965. The molecular weight excluding hydrogens is 334 g/mol. The Kier molecular flexibility index (Phi) is 4.92. The fourth-order valence-corrected chi connectivity index (χ4v) is 4.56. The summed E-state index contributed by atoms with van der Waals surface area (Å²) < 4.78 is 0. The number of carbonyl (C=O) groups excluding carboxylic acids is 1. The van der Waals surface area contributed by atoms with Gasteiger partial charge in [-0.15, -0.1) is 0 Å². The molecule has 0 saturated carbocycles. The summed E-state index contributed by atoms with van der Waals surface area (Å²) in [4.78, 5) is 18.9. The van der Waals surface area contributed by atoms with Crippen LogP contribution in [0.1, 0.15) is 31.9 Å². The van der Waals surface area contributed by atoms with Gasteiger partial charge in [0.1, 0.15) is 0 Å². The van der Waals surface area contributed by atoms with E-state index in [1.807, 2.05) is 4.90 Å². The summed E-state index contributed by atoms with van der Waals surface area (Å²) in [6.45, 7) is 10.1. The molecule has 0 aliphatic carbocycles. The Morgan fingerprint density at radius 1 is 1.04 bits per heavy atom. The first-order chi connectivity index (χ1) is 13.0. The Morgan fingerprint density at radius 3 is 2.41 bits per heavy atom. The molecule has 4 heteroatoms. The van der Waals surface area contributed by atoms with E-state index in [9.17, 15) is 4.79 Å². The van der Waals surface area contributed by atoms with Crippen LogP contribution in [0.4, 0.5) is 11.4 Å². The van der Waals surface area contributed by atoms with Gasteiger partial charge in [0, 0.05) is 56.6 Å². The highest BCUT2D eigenvalue weighted by Gasteiger charge is 2.30. The van der Waals surface area contributed by atoms with Crippen LogP contribution in [-0.2, 0) is 17.8 Å². The van der Waals surface area contributed by atoms with Crippen molar-refractivity contribution in [3.05, 3.63) is 59.7 Å². The van der Waals surface area contributed by atoms with Crippen LogP contribution in [0.2, 0.25) is 0 Å². The molecule has 0 spiro atoms. The van der Waals surface area contributed by atoms with Gasteiger partial charge in [0.2, 0.25) is 5.91 Å². The van der Waals surface area contributed by atoms with E-state index in [1.54, 1.807) is 6.92 Å². The maximum atomic E-state index is 11.9. The van der Waals surface area contributed by atoms with Crippen molar-refractivity contribution >= 4 is 17.3 Å². The second kappa shape index (κ2) is 7.35. The number of benzene rings is 2. The SMILES string of the molecule is CC(=O)N1CCc2ccc(N3CC(C)N(Cc4ccccc4)C(C)C3)cc21. The highest BCUT2D eigenvalue weighted by Crippen LogP contribution is 2.33. The molecule has 2 unspecified atom stereocenters. The first-order valence-corrected chi connectivity index (χ1v) is 9.98. The van der Waals surface area contributed by atoms with Crippen LogP contribution in [0, 0.1) is 0 Å². The van der Waals surface area contributed by atoms with Crippen LogP contribution in [0.5, 0.6) is 0 Å². The molecule has 2 heterocycles. The van der Waals surface area contributed by atoms with Crippen molar-refractivity contribution in [3.63, 3.8) is 0 Å². The largest absolute Gasteiger partial charge is 0.368 e. The van der Waals surface area contributed by atoms with Crippen molar-refractivity contribution in [2.75, 3.05) is 29.4 Å². The van der Waals surface area contributed by atoms with Crippen LogP contribution in [0.3, 0.4) is 0 Å². The highest BCUT2D eigenvalue weighted by molar-refractivity contribution is 5.94. The van der Waals surface area contributed by atoms with Gasteiger partial charge in [0.15, 0.2) is 0 Å². The number of anilines is 2. The predicted molar refractivity (Wildman–Crippen MR) is 111 cm³/mol. The number of carbonyl (C=O) groups is 1. The molecule has 4 rings (SSSR count). The molecule has 1 fully saturated rings. The van der Waals surface area contributed by atoms with E-state index in [1.165, 1.54) is 16.8 Å². The van der Waals surface area contributed by atoms with Crippen LogP contribution in [0.25, 0.3) is 0 Å². The van der Waals surface area contributed by atoms with Gasteiger partial charge in [-0.25, -0.2) is 0 Å². The summed E-state index contributed by atoms with van der Waals surface area (Å²) in [6, 6.07) is 18.3. The minimum absolute atomic E-state index is 0.139. The van der Waals surface area contributed by atoms with Gasteiger partial charge in [-0.3, -0.25) is 9.69 Å². The lowest BCUT2D eigenvalue weighted by Crippen LogP contribution is -2.56. The van der Waals surface area contributed by atoms with Crippen molar-refractivity contribution in [2.24, 2.45) is 0 Å². The number of hydrogen-bond donors (Lipinski definition) is 0. The van der Waals surface area contributed by atoms with Gasteiger partial charge < -0.3 is 9.80 Å². The third kappa shape index (κ3) is 3.59. The molecule has 0 bridgehead atoms. The zero-order chi connectivity index (χ0) is 19.0. The zero-order valence-electron chi connectivity index (χ0n) is 16.6. The smallest absolute Gasteiger partial charge is 0.223 e. The van der Waals surface area contributed by atoms with E-state index in [0.717, 1.165) is 38.3 Å². The molecule has 1 amide bonds. The van der Waals surface area contributed by atoms with Crippen molar-refractivity contribution in [1.82, 2.24) is 4.90 Å². The van der Waals surface area contributed by atoms with E-state index in [2.05, 4.69) is 72.2 Å². The summed E-state index contributed by atoms with van der Waals surface area (Å²) in [7, 11) is 0. The molecule has 27 heavy (non-hydrogen) atoms. The van der Waals surface area contributed by atoms with Crippen LogP contribution in [0.15, 0.2) is 48.5 Å². The average molecular weight is 364 g/mol. The summed E-state index contributed by atoms with van der Waals surface area (Å²) in [5.41, 5.74) is 5.00. The maximum Gasteiger partial charge on any atom is 0.223 e. The Hall–Kier alpha value is -2.33. The number of fused-ring (bicyclic) bond motifs is 1. The summed E-state index contributed by atoms with van der Waals surface area (Å²) in [5, 5.41) is 0. The van der Waals surface area contributed by atoms with Gasteiger partial charge in [-0.1, -0.05) is 36.4 Å². The zero-order valence-corrected chi connectivity index (χ0v) is 16.6. The van der Waals surface area contributed by atoms with E-state index >= 15 is 0 Å². The van der Waals surface area contributed by atoms with Gasteiger partial charge in [0.05, 0.1) is 0 Å². The van der Waals surface area contributed by atoms with Crippen molar-refractivity contribution in [1.29, 1.82) is 0 Å². The van der Waals surface area contributed by atoms with E-state index in [4.69, 9.17) is 0 Å². The molecule has 4 nitrogen and oxygen atoms in total. The lowest BCUT2D eigenvalue weighted by atomic mass is 10.0. The predicted octanol–water partition coefficient (Wildman–Crippen LogP) is 3.69. The number of amides is 1. The average Bonchev–Trinajstić information content (AvgIpc) is 3.09. The third-order valence-corrected chi connectivity index (χ3v) is 6.02. The fourth-order valence-electron chi connectivity index (χ4n) is 4.56. The molecule has 0 radical (unpaired) electrons. The first kappa shape index (κ1) is 18.1. The van der Waals surface area contributed by atoms with Gasteiger partial charge in [0.25, 0.3) is 0 Å².